The largest absolute Gasteiger partial charge is 0.317 e. The third-order valence-corrected chi connectivity index (χ3v) is 4.98. The van der Waals surface area contributed by atoms with Crippen molar-refractivity contribution in [3.05, 3.63) is 29.8 Å². The minimum atomic E-state index is -3.22. The van der Waals surface area contributed by atoms with E-state index in [2.05, 4.69) is 12.2 Å². The van der Waals surface area contributed by atoms with Crippen LogP contribution in [0.4, 0.5) is 5.69 Å². The summed E-state index contributed by atoms with van der Waals surface area (Å²) in [4.78, 5) is 0. The zero-order chi connectivity index (χ0) is 14.3. The second-order valence-corrected chi connectivity index (χ2v) is 6.63. The highest BCUT2D eigenvalue weighted by Gasteiger charge is 2.17. The van der Waals surface area contributed by atoms with Crippen LogP contribution in [0.2, 0.25) is 0 Å². The molecule has 0 aliphatic carbocycles. The number of aryl methyl sites for hydroxylation is 1. The van der Waals surface area contributed by atoms with Crippen LogP contribution in [0.3, 0.4) is 0 Å². The molecule has 108 valence electrons. The summed E-state index contributed by atoms with van der Waals surface area (Å²) in [5.41, 5.74) is 1.93. The van der Waals surface area contributed by atoms with Crippen LogP contribution in [0, 0.1) is 0 Å². The van der Waals surface area contributed by atoms with Gasteiger partial charge in [-0.25, -0.2) is 8.42 Å². The van der Waals surface area contributed by atoms with E-state index in [0.29, 0.717) is 6.42 Å². The van der Waals surface area contributed by atoms with Crippen LogP contribution in [0.1, 0.15) is 25.8 Å². The summed E-state index contributed by atoms with van der Waals surface area (Å²) in [6, 6.07) is 7.67. The topological polar surface area (TPSA) is 49.4 Å². The Morgan fingerprint density at radius 2 is 1.79 bits per heavy atom. The monoisotopic (exact) mass is 284 g/mol. The molecule has 0 saturated heterocycles. The van der Waals surface area contributed by atoms with Gasteiger partial charge in [-0.2, -0.15) is 0 Å². The molecule has 0 atom stereocenters. The molecule has 0 unspecified atom stereocenters. The van der Waals surface area contributed by atoms with E-state index < -0.39 is 10.0 Å². The number of anilines is 1. The van der Waals surface area contributed by atoms with Gasteiger partial charge < -0.3 is 5.32 Å². The molecule has 0 amide bonds. The molecule has 4 nitrogen and oxygen atoms in total. The average Bonchev–Trinajstić information content (AvgIpc) is 2.43. The molecule has 5 heteroatoms. The highest BCUT2D eigenvalue weighted by molar-refractivity contribution is 7.92. The van der Waals surface area contributed by atoms with Crippen molar-refractivity contribution in [2.75, 3.05) is 30.2 Å². The highest BCUT2D eigenvalue weighted by Crippen LogP contribution is 2.17. The number of benzene rings is 1. The van der Waals surface area contributed by atoms with Crippen LogP contribution < -0.4 is 9.62 Å². The first-order valence-corrected chi connectivity index (χ1v) is 8.38. The highest BCUT2D eigenvalue weighted by atomic mass is 32.2. The molecule has 0 aromatic heterocycles. The third kappa shape index (κ3) is 4.84. The lowest BCUT2D eigenvalue weighted by atomic mass is 10.1. The maximum absolute atomic E-state index is 12.1. The predicted molar refractivity (Wildman–Crippen MR) is 81.2 cm³/mol. The van der Waals surface area contributed by atoms with Crippen LogP contribution in [-0.4, -0.2) is 34.3 Å². The molecule has 19 heavy (non-hydrogen) atoms. The van der Waals surface area contributed by atoms with E-state index in [4.69, 9.17) is 0 Å². The first-order chi connectivity index (χ1) is 9.01. The van der Waals surface area contributed by atoms with E-state index in [1.54, 1.807) is 7.05 Å². The van der Waals surface area contributed by atoms with Crippen molar-refractivity contribution in [1.82, 2.24) is 5.32 Å². The normalized spacial score (nSPS) is 11.5. The lowest BCUT2D eigenvalue weighted by Gasteiger charge is -2.19. The van der Waals surface area contributed by atoms with Gasteiger partial charge in [0.2, 0.25) is 10.0 Å². The SMILES string of the molecule is CCNCCCS(=O)(=O)N(C)c1ccc(CC)cc1. The Hall–Kier alpha value is -1.07. The summed E-state index contributed by atoms with van der Waals surface area (Å²) in [6.45, 7) is 5.69. The fourth-order valence-electron chi connectivity index (χ4n) is 1.80. The van der Waals surface area contributed by atoms with E-state index in [9.17, 15) is 8.42 Å². The summed E-state index contributed by atoms with van der Waals surface area (Å²) in [5.74, 6) is 0.173. The summed E-state index contributed by atoms with van der Waals surface area (Å²) in [6.07, 6.45) is 1.59. The van der Waals surface area contributed by atoms with Crippen molar-refractivity contribution in [2.24, 2.45) is 0 Å². The van der Waals surface area contributed by atoms with Crippen molar-refractivity contribution in [3.63, 3.8) is 0 Å². The number of hydrogen-bond donors (Lipinski definition) is 1. The first-order valence-electron chi connectivity index (χ1n) is 6.77. The van der Waals surface area contributed by atoms with Crippen LogP contribution in [0.25, 0.3) is 0 Å². The lowest BCUT2D eigenvalue weighted by Crippen LogP contribution is -2.30. The molecular formula is C14H24N2O2S. The summed E-state index contributed by atoms with van der Waals surface area (Å²) in [7, 11) is -1.61. The Balaban J connectivity index is 2.65. The summed E-state index contributed by atoms with van der Waals surface area (Å²) < 4.78 is 25.7. The Morgan fingerprint density at radius 1 is 1.16 bits per heavy atom. The van der Waals surface area contributed by atoms with Crippen LogP contribution >= 0.6 is 0 Å². The quantitative estimate of drug-likeness (QED) is 0.743. The molecule has 0 radical (unpaired) electrons. The zero-order valence-electron chi connectivity index (χ0n) is 12.0. The van der Waals surface area contributed by atoms with Gasteiger partial charge in [-0.3, -0.25) is 4.31 Å². The molecule has 0 spiro atoms. The van der Waals surface area contributed by atoms with Gasteiger partial charge in [-0.15, -0.1) is 0 Å². The van der Waals surface area contributed by atoms with Crippen molar-refractivity contribution < 1.29 is 8.42 Å². The second-order valence-electron chi connectivity index (χ2n) is 4.51. The van der Waals surface area contributed by atoms with E-state index in [1.807, 2.05) is 31.2 Å². The fraction of sp³-hybridized carbons (Fsp3) is 0.571. The molecule has 1 rings (SSSR count). The molecule has 1 aromatic carbocycles. The molecule has 1 N–H and O–H groups in total. The van der Waals surface area contributed by atoms with Gasteiger partial charge >= 0.3 is 0 Å². The van der Waals surface area contributed by atoms with Gasteiger partial charge in [0.25, 0.3) is 0 Å². The number of nitrogens with one attached hydrogen (secondary N) is 1. The molecule has 1 aromatic rings. The van der Waals surface area contributed by atoms with Crippen molar-refractivity contribution in [1.29, 1.82) is 0 Å². The summed E-state index contributed by atoms with van der Waals surface area (Å²) in [5, 5.41) is 3.13. The third-order valence-electron chi connectivity index (χ3n) is 3.13. The van der Waals surface area contributed by atoms with Crippen LogP contribution in [0.15, 0.2) is 24.3 Å². The standard InChI is InChI=1S/C14H24N2O2S/c1-4-13-7-9-14(10-8-13)16(3)19(17,18)12-6-11-15-5-2/h7-10,15H,4-6,11-12H2,1-3H3. The molecule has 0 aliphatic heterocycles. The molecule has 0 aliphatic rings. The van der Waals surface area contributed by atoms with E-state index >= 15 is 0 Å². The van der Waals surface area contributed by atoms with E-state index in [0.717, 1.165) is 25.2 Å². The van der Waals surface area contributed by atoms with Crippen molar-refractivity contribution >= 4 is 15.7 Å². The number of hydrogen-bond acceptors (Lipinski definition) is 3. The Kier molecular flexibility index (Phi) is 6.31. The number of sulfonamides is 1. The minimum Gasteiger partial charge on any atom is -0.317 e. The van der Waals surface area contributed by atoms with Gasteiger partial charge in [0.15, 0.2) is 0 Å². The van der Waals surface area contributed by atoms with Gasteiger partial charge in [-0.05, 0) is 43.6 Å². The predicted octanol–water partition coefficient (Wildman–Crippen LogP) is 2.01. The zero-order valence-corrected chi connectivity index (χ0v) is 12.8. The van der Waals surface area contributed by atoms with Crippen molar-refractivity contribution in [3.8, 4) is 0 Å². The van der Waals surface area contributed by atoms with Crippen LogP contribution in [-0.2, 0) is 16.4 Å². The Bertz CT molecular complexity index is 469. The molecule has 0 bridgehead atoms. The minimum absolute atomic E-state index is 0.173. The smallest absolute Gasteiger partial charge is 0.234 e. The van der Waals surface area contributed by atoms with Gasteiger partial charge in [-0.1, -0.05) is 26.0 Å². The average molecular weight is 284 g/mol. The summed E-state index contributed by atoms with van der Waals surface area (Å²) >= 11 is 0. The lowest BCUT2D eigenvalue weighted by molar-refractivity contribution is 0.588. The number of rotatable bonds is 8. The maximum atomic E-state index is 12.1. The molecule has 0 fully saturated rings. The van der Waals surface area contributed by atoms with Gasteiger partial charge in [0.05, 0.1) is 11.4 Å². The second kappa shape index (κ2) is 7.50. The van der Waals surface area contributed by atoms with Gasteiger partial charge in [0, 0.05) is 7.05 Å². The molecule has 0 saturated carbocycles. The maximum Gasteiger partial charge on any atom is 0.234 e. The Morgan fingerprint density at radius 3 is 2.32 bits per heavy atom. The first kappa shape index (κ1) is 16.0. The molecule has 0 heterocycles. The van der Waals surface area contributed by atoms with E-state index in [1.165, 1.54) is 9.87 Å². The number of nitrogens with zero attached hydrogens (tertiary/aromatic N) is 1. The van der Waals surface area contributed by atoms with E-state index in [-0.39, 0.29) is 5.75 Å². The van der Waals surface area contributed by atoms with Gasteiger partial charge in [0.1, 0.15) is 0 Å². The van der Waals surface area contributed by atoms with Crippen LogP contribution in [0.5, 0.6) is 0 Å². The Labute approximate surface area is 116 Å². The van der Waals surface area contributed by atoms with Crippen molar-refractivity contribution in [2.45, 2.75) is 26.7 Å². The fourth-order valence-corrected chi connectivity index (χ4v) is 3.02. The molecular weight excluding hydrogens is 260 g/mol.